The number of carbonyl (C=O) groups excluding carboxylic acids is 1. The first kappa shape index (κ1) is 13.5. The van der Waals surface area contributed by atoms with Crippen LogP contribution in [0.2, 0.25) is 0 Å². The van der Waals surface area contributed by atoms with Gasteiger partial charge in [0.15, 0.2) is 0 Å². The Morgan fingerprint density at radius 1 is 1.42 bits per heavy atom. The first-order valence-corrected chi connectivity index (χ1v) is 6.00. The van der Waals surface area contributed by atoms with E-state index in [4.69, 9.17) is 14.2 Å². The molecule has 1 aliphatic rings. The zero-order chi connectivity index (χ0) is 13.8. The van der Waals surface area contributed by atoms with E-state index in [0.717, 1.165) is 0 Å². The largest absolute Gasteiger partial charge is 0.497 e. The van der Waals surface area contributed by atoms with Gasteiger partial charge in [0.25, 0.3) is 0 Å². The molecular weight excluding hydrogens is 250 g/mol. The number of hydrogen-bond donors (Lipinski definition) is 1. The number of amides is 1. The third-order valence-electron chi connectivity index (χ3n) is 3.09. The highest BCUT2D eigenvalue weighted by Crippen LogP contribution is 2.35. The molecule has 1 N–H and O–H groups in total. The number of rotatable bonds is 4. The van der Waals surface area contributed by atoms with Crippen molar-refractivity contribution in [3.63, 3.8) is 0 Å². The molecule has 1 saturated heterocycles. The molecule has 6 heteroatoms. The minimum Gasteiger partial charge on any atom is -0.497 e. The van der Waals surface area contributed by atoms with Crippen LogP contribution in [0.25, 0.3) is 0 Å². The van der Waals surface area contributed by atoms with Crippen LogP contribution < -0.4 is 14.4 Å². The Hall–Kier alpha value is -1.95. The molecule has 2 rings (SSSR count). The van der Waals surface area contributed by atoms with Crippen molar-refractivity contribution in [2.24, 2.45) is 0 Å². The quantitative estimate of drug-likeness (QED) is 0.893. The summed E-state index contributed by atoms with van der Waals surface area (Å²) < 4.78 is 15.4. The van der Waals surface area contributed by atoms with Crippen LogP contribution in [0.15, 0.2) is 18.2 Å². The van der Waals surface area contributed by atoms with Crippen LogP contribution in [0.5, 0.6) is 11.5 Å². The fourth-order valence-corrected chi connectivity index (χ4v) is 2.08. The van der Waals surface area contributed by atoms with E-state index in [9.17, 15) is 9.90 Å². The average Bonchev–Trinajstić information content (AvgIpc) is 2.46. The van der Waals surface area contributed by atoms with Crippen molar-refractivity contribution in [2.45, 2.75) is 12.5 Å². The number of nitrogens with zero attached hydrogens (tertiary/aromatic N) is 1. The van der Waals surface area contributed by atoms with Crippen LogP contribution in [-0.4, -0.2) is 44.7 Å². The summed E-state index contributed by atoms with van der Waals surface area (Å²) in [6, 6.07) is 4.83. The molecule has 6 nitrogen and oxygen atoms in total. The number of aliphatic hydroxyl groups excluding tert-OH is 1. The predicted octanol–water partition coefficient (Wildman–Crippen LogP) is 1.41. The molecule has 1 aliphatic heterocycles. The third-order valence-corrected chi connectivity index (χ3v) is 3.09. The Morgan fingerprint density at radius 2 is 2.21 bits per heavy atom. The zero-order valence-corrected chi connectivity index (χ0v) is 11.0. The number of benzene rings is 1. The molecule has 104 valence electrons. The van der Waals surface area contributed by atoms with Crippen LogP contribution in [0, 0.1) is 0 Å². The van der Waals surface area contributed by atoms with Gasteiger partial charge in [0.05, 0.1) is 39.2 Å². The van der Waals surface area contributed by atoms with Gasteiger partial charge in [0, 0.05) is 12.5 Å². The Balaban J connectivity index is 2.44. The first-order chi connectivity index (χ1) is 9.21. The number of anilines is 1. The van der Waals surface area contributed by atoms with E-state index in [2.05, 4.69) is 0 Å². The van der Waals surface area contributed by atoms with E-state index in [0.29, 0.717) is 30.2 Å². The lowest BCUT2D eigenvalue weighted by atomic mass is 10.1. The number of aliphatic hydroxyl groups is 1. The molecule has 1 heterocycles. The summed E-state index contributed by atoms with van der Waals surface area (Å²) in [6.07, 6.45) is 0.0830. The van der Waals surface area contributed by atoms with Gasteiger partial charge in [0.1, 0.15) is 11.5 Å². The van der Waals surface area contributed by atoms with E-state index in [1.807, 2.05) is 0 Å². The number of cyclic esters (lactones) is 1. The molecular formula is C13H17NO5. The number of hydrogen-bond acceptors (Lipinski definition) is 5. The molecule has 1 aromatic rings. The summed E-state index contributed by atoms with van der Waals surface area (Å²) >= 11 is 0. The number of ether oxygens (including phenoxy) is 3. The van der Waals surface area contributed by atoms with E-state index >= 15 is 0 Å². The molecule has 1 aromatic carbocycles. The molecule has 1 unspecified atom stereocenters. The second kappa shape index (κ2) is 5.79. The molecule has 1 fully saturated rings. The summed E-state index contributed by atoms with van der Waals surface area (Å²) in [4.78, 5) is 13.3. The fourth-order valence-electron chi connectivity index (χ4n) is 2.08. The highest BCUT2D eigenvalue weighted by Gasteiger charge is 2.32. The second-order valence-corrected chi connectivity index (χ2v) is 4.15. The lowest BCUT2D eigenvalue weighted by Gasteiger charge is -2.34. The van der Waals surface area contributed by atoms with Crippen LogP contribution in [0.1, 0.15) is 6.42 Å². The van der Waals surface area contributed by atoms with Gasteiger partial charge in [-0.3, -0.25) is 4.90 Å². The minimum atomic E-state index is -0.489. The summed E-state index contributed by atoms with van der Waals surface area (Å²) in [6.45, 7) is 0.183. The monoisotopic (exact) mass is 267 g/mol. The number of methoxy groups -OCH3 is 2. The van der Waals surface area contributed by atoms with Gasteiger partial charge < -0.3 is 19.3 Å². The smallest absolute Gasteiger partial charge is 0.414 e. The maximum atomic E-state index is 11.9. The van der Waals surface area contributed by atoms with Gasteiger partial charge in [-0.2, -0.15) is 0 Å². The molecule has 1 amide bonds. The van der Waals surface area contributed by atoms with Gasteiger partial charge in [-0.05, 0) is 12.1 Å². The lowest BCUT2D eigenvalue weighted by molar-refractivity contribution is 0.115. The first-order valence-electron chi connectivity index (χ1n) is 6.00. The molecule has 19 heavy (non-hydrogen) atoms. The molecule has 0 saturated carbocycles. The lowest BCUT2D eigenvalue weighted by Crippen LogP contribution is -2.47. The highest BCUT2D eigenvalue weighted by molar-refractivity contribution is 5.91. The SMILES string of the molecule is COc1ccc(OC)c(N2C(=O)OCCC2CO)c1. The van der Waals surface area contributed by atoms with E-state index < -0.39 is 6.09 Å². The van der Waals surface area contributed by atoms with Gasteiger partial charge in [-0.25, -0.2) is 4.79 Å². The summed E-state index contributed by atoms with van der Waals surface area (Å²) in [5, 5.41) is 9.41. The van der Waals surface area contributed by atoms with Crippen LogP contribution in [0.3, 0.4) is 0 Å². The van der Waals surface area contributed by atoms with Gasteiger partial charge >= 0.3 is 6.09 Å². The van der Waals surface area contributed by atoms with Crippen molar-refractivity contribution in [1.29, 1.82) is 0 Å². The number of carbonyl (C=O) groups is 1. The topological polar surface area (TPSA) is 68.2 Å². The van der Waals surface area contributed by atoms with Crippen LogP contribution >= 0.6 is 0 Å². The third kappa shape index (κ3) is 2.58. The predicted molar refractivity (Wildman–Crippen MR) is 68.9 cm³/mol. The second-order valence-electron chi connectivity index (χ2n) is 4.15. The summed E-state index contributed by atoms with van der Waals surface area (Å²) in [5.41, 5.74) is 0.533. The molecule has 0 radical (unpaired) electrons. The maximum Gasteiger partial charge on any atom is 0.414 e. The zero-order valence-electron chi connectivity index (χ0n) is 11.0. The normalized spacial score (nSPS) is 19.0. The average molecular weight is 267 g/mol. The van der Waals surface area contributed by atoms with Crippen LogP contribution in [-0.2, 0) is 4.74 Å². The molecule has 1 atom stereocenters. The maximum absolute atomic E-state index is 11.9. The Kier molecular flexibility index (Phi) is 4.11. The summed E-state index contributed by atoms with van der Waals surface area (Å²) in [7, 11) is 3.07. The van der Waals surface area contributed by atoms with Gasteiger partial charge in [-0.1, -0.05) is 0 Å². The van der Waals surface area contributed by atoms with Gasteiger partial charge in [-0.15, -0.1) is 0 Å². The van der Waals surface area contributed by atoms with Crippen molar-refractivity contribution < 1.29 is 24.1 Å². The molecule has 0 spiro atoms. The fraction of sp³-hybridized carbons (Fsp3) is 0.462. The van der Waals surface area contributed by atoms with Crippen molar-refractivity contribution in [3.8, 4) is 11.5 Å². The minimum absolute atomic E-state index is 0.129. The van der Waals surface area contributed by atoms with E-state index in [1.165, 1.54) is 12.0 Å². The Morgan fingerprint density at radius 3 is 2.84 bits per heavy atom. The van der Waals surface area contributed by atoms with E-state index in [-0.39, 0.29) is 12.6 Å². The van der Waals surface area contributed by atoms with E-state index in [1.54, 1.807) is 25.3 Å². The van der Waals surface area contributed by atoms with Crippen molar-refractivity contribution in [1.82, 2.24) is 0 Å². The standard InChI is InChI=1S/C13H17NO5/c1-17-10-3-4-12(18-2)11(7-10)14-9(8-15)5-6-19-13(14)16/h3-4,7,9,15H,5-6,8H2,1-2H3. The van der Waals surface area contributed by atoms with Crippen molar-refractivity contribution in [2.75, 3.05) is 32.3 Å². The highest BCUT2D eigenvalue weighted by atomic mass is 16.6. The van der Waals surface area contributed by atoms with Crippen molar-refractivity contribution in [3.05, 3.63) is 18.2 Å². The molecule has 0 bridgehead atoms. The van der Waals surface area contributed by atoms with Crippen LogP contribution in [0.4, 0.5) is 10.5 Å². The Bertz CT molecular complexity index is 462. The Labute approximate surface area is 111 Å². The van der Waals surface area contributed by atoms with Crippen molar-refractivity contribution >= 4 is 11.8 Å². The molecule has 0 aliphatic carbocycles. The molecule has 0 aromatic heterocycles. The van der Waals surface area contributed by atoms with Gasteiger partial charge in [0.2, 0.25) is 0 Å². The summed E-state index contributed by atoms with van der Waals surface area (Å²) in [5.74, 6) is 1.13.